The number of fused-ring (bicyclic) bond motifs is 1. The van der Waals surface area contributed by atoms with Crippen molar-refractivity contribution in [1.29, 1.82) is 0 Å². The maximum Gasteiger partial charge on any atom is 0.410 e. The van der Waals surface area contributed by atoms with Gasteiger partial charge in [0, 0.05) is 24.1 Å². The first-order valence-electron chi connectivity index (χ1n) is 7.61. The molecule has 0 saturated carbocycles. The van der Waals surface area contributed by atoms with Crippen LogP contribution in [0.1, 0.15) is 36.2 Å². The number of benzene rings is 1. The number of ether oxygens (including phenoxy) is 1. The van der Waals surface area contributed by atoms with E-state index < -0.39 is 5.60 Å². The summed E-state index contributed by atoms with van der Waals surface area (Å²) in [6, 6.07) is 7.96. The molecule has 122 valence electrons. The minimum Gasteiger partial charge on any atom is -0.443 e. The number of carbonyl (C=O) groups is 1. The van der Waals surface area contributed by atoms with Crippen molar-refractivity contribution < 1.29 is 9.53 Å². The molecule has 1 aromatic heterocycles. The summed E-state index contributed by atoms with van der Waals surface area (Å²) in [6.07, 6.45) is 2.14. The molecular weight excluding hydrogens is 314 g/mol. The van der Waals surface area contributed by atoms with Crippen LogP contribution in [0.3, 0.4) is 0 Å². The smallest absolute Gasteiger partial charge is 0.410 e. The van der Waals surface area contributed by atoms with E-state index in [1.54, 1.807) is 4.90 Å². The molecule has 0 bridgehead atoms. The minimum atomic E-state index is -0.606. The molecular formula is C17H20ClN3O2. The number of alkyl halides is 1. The summed E-state index contributed by atoms with van der Waals surface area (Å²) >= 11 is 5.98. The lowest BCUT2D eigenvalue weighted by molar-refractivity contribution is 0.0128. The molecule has 1 aliphatic heterocycles. The van der Waals surface area contributed by atoms with Crippen LogP contribution in [0.4, 0.5) is 4.79 Å². The molecule has 0 radical (unpaired) electrons. The summed E-state index contributed by atoms with van der Waals surface area (Å²) in [5, 5.41) is 6.94. The molecule has 1 aromatic carbocycles. The van der Waals surface area contributed by atoms with Crippen molar-refractivity contribution >= 4 is 17.7 Å². The van der Waals surface area contributed by atoms with E-state index >= 15 is 0 Å². The Balaban J connectivity index is 1.64. The van der Waals surface area contributed by atoms with Crippen LogP contribution in [-0.2, 0) is 30.1 Å². The molecule has 0 unspecified atom stereocenters. The molecule has 1 amide bonds. The molecule has 0 aliphatic carbocycles. The van der Waals surface area contributed by atoms with Crippen molar-refractivity contribution in [2.75, 3.05) is 0 Å². The van der Waals surface area contributed by atoms with E-state index in [1.165, 1.54) is 0 Å². The van der Waals surface area contributed by atoms with Gasteiger partial charge in [-0.25, -0.2) is 4.79 Å². The average Bonchev–Trinajstić information content (AvgIpc) is 3.08. The van der Waals surface area contributed by atoms with E-state index in [1.807, 2.05) is 44.3 Å². The molecule has 1 aliphatic rings. The normalized spacial score (nSPS) is 14.0. The van der Waals surface area contributed by atoms with Gasteiger partial charge in [0.2, 0.25) is 0 Å². The highest BCUT2D eigenvalue weighted by Crippen LogP contribution is 2.25. The van der Waals surface area contributed by atoms with Crippen molar-refractivity contribution in [2.45, 2.75) is 44.8 Å². The second-order valence-electron chi connectivity index (χ2n) is 6.42. The summed E-state index contributed by atoms with van der Waals surface area (Å²) in [4.78, 5) is 14.1. The molecule has 2 heterocycles. The Morgan fingerprint density at radius 1 is 1.35 bits per heavy atom. The molecule has 23 heavy (non-hydrogen) atoms. The van der Waals surface area contributed by atoms with Crippen molar-refractivity contribution in [3.8, 4) is 0 Å². The van der Waals surface area contributed by atoms with Gasteiger partial charge in [0.05, 0.1) is 18.8 Å². The number of amides is 1. The highest BCUT2D eigenvalue weighted by atomic mass is 35.5. The zero-order valence-electron chi connectivity index (χ0n) is 13.3. The lowest BCUT2D eigenvalue weighted by Gasteiger charge is -2.28. The number of nitrogens with zero attached hydrogens (tertiary/aromatic N) is 2. The van der Waals surface area contributed by atoms with Crippen molar-refractivity contribution in [3.63, 3.8) is 0 Å². The van der Waals surface area contributed by atoms with E-state index in [0.717, 1.165) is 22.4 Å². The van der Waals surface area contributed by atoms with E-state index in [9.17, 15) is 4.79 Å². The Morgan fingerprint density at radius 2 is 2.09 bits per heavy atom. The molecule has 0 spiro atoms. The SMILES string of the molecule is CC(C)(Cc1ccccc1CCl)OC(=O)N1Cc2c[nH]nc2C1. The molecule has 6 heteroatoms. The standard InChI is InChI=1S/C17H20ClN3O2/c1-17(2,7-12-5-3-4-6-13(12)8-18)23-16(22)21-10-14-9-19-20-15(14)11-21/h3-6,9H,7-8,10-11H2,1-2H3,(H,19,20). The van der Waals surface area contributed by atoms with E-state index in [2.05, 4.69) is 10.2 Å². The Kier molecular flexibility index (Phi) is 4.31. The third-order valence-electron chi connectivity index (χ3n) is 4.01. The Labute approximate surface area is 140 Å². The predicted molar refractivity (Wildman–Crippen MR) is 88.1 cm³/mol. The third-order valence-corrected chi connectivity index (χ3v) is 4.30. The van der Waals surface area contributed by atoms with Gasteiger partial charge in [-0.05, 0) is 25.0 Å². The van der Waals surface area contributed by atoms with Crippen LogP contribution in [0.25, 0.3) is 0 Å². The van der Waals surface area contributed by atoms with Gasteiger partial charge in [0.25, 0.3) is 0 Å². The number of halogens is 1. The second kappa shape index (κ2) is 6.24. The molecule has 2 aromatic rings. The van der Waals surface area contributed by atoms with Gasteiger partial charge in [0.15, 0.2) is 0 Å². The second-order valence-corrected chi connectivity index (χ2v) is 6.69. The monoisotopic (exact) mass is 333 g/mol. The maximum absolute atomic E-state index is 12.4. The third kappa shape index (κ3) is 3.50. The van der Waals surface area contributed by atoms with Crippen molar-refractivity contribution in [3.05, 3.63) is 52.8 Å². The first-order chi connectivity index (χ1) is 11.0. The van der Waals surface area contributed by atoms with E-state index in [-0.39, 0.29) is 6.09 Å². The average molecular weight is 334 g/mol. The number of aromatic nitrogens is 2. The van der Waals surface area contributed by atoms with Crippen LogP contribution in [-0.4, -0.2) is 26.8 Å². The number of H-pyrrole nitrogens is 1. The van der Waals surface area contributed by atoms with Crippen LogP contribution < -0.4 is 0 Å². The fourth-order valence-corrected chi connectivity index (χ4v) is 3.11. The molecule has 3 rings (SSSR count). The van der Waals surface area contributed by atoms with Gasteiger partial charge in [0.1, 0.15) is 5.60 Å². The number of nitrogens with one attached hydrogen (secondary N) is 1. The minimum absolute atomic E-state index is 0.309. The van der Waals surface area contributed by atoms with Crippen LogP contribution >= 0.6 is 11.6 Å². The number of rotatable bonds is 4. The number of hydrogen-bond donors (Lipinski definition) is 1. The van der Waals surface area contributed by atoms with Crippen molar-refractivity contribution in [1.82, 2.24) is 15.1 Å². The largest absolute Gasteiger partial charge is 0.443 e. The van der Waals surface area contributed by atoms with E-state index in [0.29, 0.717) is 25.4 Å². The quantitative estimate of drug-likeness (QED) is 0.869. The topological polar surface area (TPSA) is 58.2 Å². The Hall–Kier alpha value is -2.01. The lowest BCUT2D eigenvalue weighted by Crippen LogP contribution is -2.37. The van der Waals surface area contributed by atoms with Crippen molar-refractivity contribution in [2.24, 2.45) is 0 Å². The molecule has 0 atom stereocenters. The van der Waals surface area contributed by atoms with Gasteiger partial charge in [-0.2, -0.15) is 5.10 Å². The fourth-order valence-electron chi connectivity index (χ4n) is 2.84. The highest BCUT2D eigenvalue weighted by Gasteiger charge is 2.31. The van der Waals surface area contributed by atoms with Gasteiger partial charge < -0.3 is 4.74 Å². The molecule has 5 nitrogen and oxygen atoms in total. The first-order valence-corrected chi connectivity index (χ1v) is 8.14. The zero-order chi connectivity index (χ0) is 16.4. The molecule has 0 fully saturated rings. The predicted octanol–water partition coefficient (Wildman–Crippen LogP) is 3.62. The first kappa shape index (κ1) is 15.9. The summed E-state index contributed by atoms with van der Waals surface area (Å²) in [5.41, 5.74) is 3.53. The lowest BCUT2D eigenvalue weighted by atomic mass is 9.95. The summed E-state index contributed by atoms with van der Waals surface area (Å²) in [5.74, 6) is 0.452. The van der Waals surface area contributed by atoms with Crippen LogP contribution in [0, 0.1) is 0 Å². The molecule has 1 N–H and O–H groups in total. The fraction of sp³-hybridized carbons (Fsp3) is 0.412. The number of aromatic amines is 1. The van der Waals surface area contributed by atoms with E-state index in [4.69, 9.17) is 16.3 Å². The summed E-state index contributed by atoms with van der Waals surface area (Å²) in [7, 11) is 0. The highest BCUT2D eigenvalue weighted by molar-refractivity contribution is 6.17. The van der Waals surface area contributed by atoms with Crippen LogP contribution in [0.5, 0.6) is 0 Å². The Morgan fingerprint density at radius 3 is 2.78 bits per heavy atom. The maximum atomic E-state index is 12.4. The van der Waals surface area contributed by atoms with Gasteiger partial charge in [-0.1, -0.05) is 24.3 Å². The van der Waals surface area contributed by atoms with Gasteiger partial charge in [-0.15, -0.1) is 11.6 Å². The zero-order valence-corrected chi connectivity index (χ0v) is 14.1. The number of hydrogen-bond acceptors (Lipinski definition) is 3. The molecule has 0 saturated heterocycles. The summed E-state index contributed by atoms with van der Waals surface area (Å²) in [6.45, 7) is 4.88. The Bertz CT molecular complexity index is 691. The van der Waals surface area contributed by atoms with Gasteiger partial charge in [-0.3, -0.25) is 10.00 Å². The van der Waals surface area contributed by atoms with Crippen LogP contribution in [0.15, 0.2) is 30.5 Å². The number of carbonyl (C=O) groups excluding carboxylic acids is 1. The van der Waals surface area contributed by atoms with Crippen LogP contribution in [0.2, 0.25) is 0 Å². The summed E-state index contributed by atoms with van der Waals surface area (Å²) < 4.78 is 5.73. The van der Waals surface area contributed by atoms with Gasteiger partial charge >= 0.3 is 6.09 Å².